The molecular formula is C15H20N2O2. The smallest absolute Gasteiger partial charge is 0.218 e. The molecule has 0 bridgehead atoms. The van der Waals surface area contributed by atoms with Crippen molar-refractivity contribution in [3.05, 3.63) is 42.0 Å². The Kier molecular flexibility index (Phi) is 4.34. The van der Waals surface area contributed by atoms with Crippen LogP contribution >= 0.6 is 0 Å². The standard InChI is InChI=1S/C15H20N2O2/c1-2-3-9-16-13-10-14(18)17(15(13)19)11-12-7-5-4-6-8-12/h4-8,10,16,18-19H,2-3,9,11H2,1H3. The minimum Gasteiger partial charge on any atom is -0.494 e. The first-order valence-corrected chi connectivity index (χ1v) is 6.61. The summed E-state index contributed by atoms with van der Waals surface area (Å²) in [5, 5.41) is 23.1. The van der Waals surface area contributed by atoms with Crippen molar-refractivity contribution in [2.24, 2.45) is 0 Å². The molecule has 0 aliphatic rings. The van der Waals surface area contributed by atoms with Crippen molar-refractivity contribution in [3.63, 3.8) is 0 Å². The van der Waals surface area contributed by atoms with Crippen molar-refractivity contribution >= 4 is 5.69 Å². The lowest BCUT2D eigenvalue weighted by Crippen LogP contribution is -2.01. The molecule has 3 N–H and O–H groups in total. The van der Waals surface area contributed by atoms with E-state index in [4.69, 9.17) is 0 Å². The lowest BCUT2D eigenvalue weighted by Gasteiger charge is -2.08. The van der Waals surface area contributed by atoms with Crippen molar-refractivity contribution in [3.8, 4) is 11.8 Å². The molecule has 2 rings (SSSR count). The minimum absolute atomic E-state index is 0.0698. The summed E-state index contributed by atoms with van der Waals surface area (Å²) >= 11 is 0. The highest BCUT2D eigenvalue weighted by atomic mass is 16.3. The molecule has 1 aromatic carbocycles. The summed E-state index contributed by atoms with van der Waals surface area (Å²) in [5.74, 6) is 0.151. The van der Waals surface area contributed by atoms with E-state index in [1.807, 2.05) is 30.3 Å². The van der Waals surface area contributed by atoms with Gasteiger partial charge in [-0.05, 0) is 12.0 Å². The molecule has 0 spiro atoms. The Hall–Kier alpha value is -2.10. The Balaban J connectivity index is 2.13. The quantitative estimate of drug-likeness (QED) is 0.699. The van der Waals surface area contributed by atoms with Gasteiger partial charge in [-0.3, -0.25) is 4.57 Å². The van der Waals surface area contributed by atoms with E-state index in [-0.39, 0.29) is 11.8 Å². The number of benzene rings is 1. The predicted octanol–water partition coefficient (Wildman–Crippen LogP) is 3.16. The van der Waals surface area contributed by atoms with Gasteiger partial charge < -0.3 is 15.5 Å². The Labute approximate surface area is 113 Å². The van der Waals surface area contributed by atoms with Gasteiger partial charge in [0.05, 0.1) is 6.54 Å². The van der Waals surface area contributed by atoms with Crippen molar-refractivity contribution in [2.75, 3.05) is 11.9 Å². The Morgan fingerprint density at radius 2 is 1.89 bits per heavy atom. The highest BCUT2D eigenvalue weighted by molar-refractivity contribution is 5.57. The number of hydrogen-bond donors (Lipinski definition) is 3. The van der Waals surface area contributed by atoms with Crippen LogP contribution in [0.4, 0.5) is 5.69 Å². The Morgan fingerprint density at radius 3 is 2.58 bits per heavy atom. The molecule has 19 heavy (non-hydrogen) atoms. The van der Waals surface area contributed by atoms with Gasteiger partial charge in [-0.25, -0.2) is 0 Å². The number of nitrogens with one attached hydrogen (secondary N) is 1. The lowest BCUT2D eigenvalue weighted by molar-refractivity contribution is 0.378. The third-order valence-electron chi connectivity index (χ3n) is 3.08. The zero-order chi connectivity index (χ0) is 13.7. The zero-order valence-electron chi connectivity index (χ0n) is 11.1. The highest BCUT2D eigenvalue weighted by Gasteiger charge is 2.13. The van der Waals surface area contributed by atoms with E-state index < -0.39 is 0 Å². The maximum absolute atomic E-state index is 10.1. The number of aromatic nitrogens is 1. The van der Waals surface area contributed by atoms with E-state index in [0.29, 0.717) is 12.2 Å². The number of rotatable bonds is 6. The normalized spacial score (nSPS) is 10.6. The first-order chi connectivity index (χ1) is 9.22. The summed E-state index contributed by atoms with van der Waals surface area (Å²) in [5.41, 5.74) is 1.62. The van der Waals surface area contributed by atoms with Gasteiger partial charge in [0.2, 0.25) is 5.88 Å². The van der Waals surface area contributed by atoms with Gasteiger partial charge in [-0.15, -0.1) is 0 Å². The third-order valence-corrected chi connectivity index (χ3v) is 3.08. The minimum atomic E-state index is 0.0698. The van der Waals surface area contributed by atoms with Gasteiger partial charge in [0.1, 0.15) is 5.69 Å². The van der Waals surface area contributed by atoms with Gasteiger partial charge in [-0.2, -0.15) is 0 Å². The van der Waals surface area contributed by atoms with Crippen LogP contribution in [0.5, 0.6) is 11.8 Å². The zero-order valence-corrected chi connectivity index (χ0v) is 11.1. The molecule has 0 aliphatic carbocycles. The van der Waals surface area contributed by atoms with Crippen molar-refractivity contribution in [1.29, 1.82) is 0 Å². The van der Waals surface area contributed by atoms with Crippen LogP contribution in [0.1, 0.15) is 25.3 Å². The summed E-state index contributed by atoms with van der Waals surface area (Å²) in [6.45, 7) is 3.35. The number of hydrogen-bond acceptors (Lipinski definition) is 3. The SMILES string of the molecule is CCCCNc1cc(O)n(Cc2ccccc2)c1O. The maximum atomic E-state index is 10.1. The van der Waals surface area contributed by atoms with Gasteiger partial charge in [0, 0.05) is 12.6 Å². The predicted molar refractivity (Wildman–Crippen MR) is 76.7 cm³/mol. The van der Waals surface area contributed by atoms with Crippen molar-refractivity contribution in [1.82, 2.24) is 4.57 Å². The Morgan fingerprint density at radius 1 is 1.16 bits per heavy atom. The number of anilines is 1. The second-order valence-corrected chi connectivity index (χ2v) is 4.59. The van der Waals surface area contributed by atoms with Crippen molar-refractivity contribution in [2.45, 2.75) is 26.3 Å². The molecule has 0 unspecified atom stereocenters. The maximum Gasteiger partial charge on any atom is 0.218 e. The van der Waals surface area contributed by atoms with E-state index in [2.05, 4.69) is 12.2 Å². The number of nitrogens with zero attached hydrogens (tertiary/aromatic N) is 1. The molecule has 1 aromatic heterocycles. The molecule has 0 atom stereocenters. The molecular weight excluding hydrogens is 240 g/mol. The average molecular weight is 260 g/mol. The average Bonchev–Trinajstić information content (AvgIpc) is 2.68. The molecule has 102 valence electrons. The van der Waals surface area contributed by atoms with E-state index in [1.54, 1.807) is 6.07 Å². The van der Waals surface area contributed by atoms with Crippen LogP contribution < -0.4 is 5.32 Å². The van der Waals surface area contributed by atoms with Gasteiger partial charge in [0.25, 0.3) is 0 Å². The van der Waals surface area contributed by atoms with Crippen LogP contribution in [0, 0.1) is 0 Å². The molecule has 0 amide bonds. The fourth-order valence-electron chi connectivity index (χ4n) is 1.98. The van der Waals surface area contributed by atoms with Crippen LogP contribution in [-0.2, 0) is 6.54 Å². The topological polar surface area (TPSA) is 57.4 Å². The summed E-state index contributed by atoms with van der Waals surface area (Å²) in [4.78, 5) is 0. The lowest BCUT2D eigenvalue weighted by atomic mass is 10.2. The van der Waals surface area contributed by atoms with E-state index in [9.17, 15) is 10.2 Å². The molecule has 0 aliphatic heterocycles. The first-order valence-electron chi connectivity index (χ1n) is 6.61. The van der Waals surface area contributed by atoms with E-state index in [1.165, 1.54) is 4.57 Å². The molecule has 0 radical (unpaired) electrons. The third kappa shape index (κ3) is 3.22. The van der Waals surface area contributed by atoms with Gasteiger partial charge in [-0.1, -0.05) is 43.7 Å². The molecule has 1 heterocycles. The largest absolute Gasteiger partial charge is 0.494 e. The molecule has 0 saturated carbocycles. The van der Waals surface area contributed by atoms with Crippen LogP contribution in [0.3, 0.4) is 0 Å². The summed E-state index contributed by atoms with van der Waals surface area (Å²) in [6, 6.07) is 11.3. The molecule has 2 aromatic rings. The molecule has 0 fully saturated rings. The van der Waals surface area contributed by atoms with E-state index >= 15 is 0 Å². The first kappa shape index (κ1) is 13.3. The van der Waals surface area contributed by atoms with Crippen LogP contribution in [0.15, 0.2) is 36.4 Å². The Bertz CT molecular complexity index is 520. The second kappa shape index (κ2) is 6.18. The number of aromatic hydroxyl groups is 2. The summed E-state index contributed by atoms with van der Waals surface area (Å²) < 4.78 is 1.49. The number of unbranched alkanes of at least 4 members (excludes halogenated alkanes) is 1. The molecule has 0 saturated heterocycles. The molecule has 4 nitrogen and oxygen atoms in total. The van der Waals surface area contributed by atoms with Crippen LogP contribution in [0.25, 0.3) is 0 Å². The van der Waals surface area contributed by atoms with Crippen LogP contribution in [0.2, 0.25) is 0 Å². The van der Waals surface area contributed by atoms with Crippen molar-refractivity contribution < 1.29 is 10.2 Å². The van der Waals surface area contributed by atoms with Gasteiger partial charge in [0.15, 0.2) is 5.88 Å². The molecule has 4 heteroatoms. The second-order valence-electron chi connectivity index (χ2n) is 4.59. The van der Waals surface area contributed by atoms with Gasteiger partial charge >= 0.3 is 0 Å². The summed E-state index contributed by atoms with van der Waals surface area (Å²) in [6.07, 6.45) is 2.12. The fourth-order valence-corrected chi connectivity index (χ4v) is 1.98. The monoisotopic (exact) mass is 260 g/mol. The fraction of sp³-hybridized carbons (Fsp3) is 0.333. The van der Waals surface area contributed by atoms with Crippen LogP contribution in [-0.4, -0.2) is 21.3 Å². The summed E-state index contributed by atoms with van der Waals surface area (Å²) in [7, 11) is 0. The van der Waals surface area contributed by atoms with E-state index in [0.717, 1.165) is 24.9 Å². The highest BCUT2D eigenvalue weighted by Crippen LogP contribution is 2.32.